The van der Waals surface area contributed by atoms with Gasteiger partial charge in [0.2, 0.25) is 0 Å². The van der Waals surface area contributed by atoms with E-state index in [1.165, 1.54) is 24.0 Å². The summed E-state index contributed by atoms with van der Waals surface area (Å²) in [6, 6.07) is 23.5. The van der Waals surface area contributed by atoms with Gasteiger partial charge >= 0.3 is 5.97 Å². The van der Waals surface area contributed by atoms with Crippen molar-refractivity contribution in [2.75, 3.05) is 7.11 Å². The molecule has 1 aliphatic carbocycles. The second kappa shape index (κ2) is 9.29. The van der Waals surface area contributed by atoms with Crippen LogP contribution in [0.25, 0.3) is 11.8 Å². The average molecular weight is 604 g/mol. The number of esters is 1. The first-order valence-corrected chi connectivity index (χ1v) is 13.5. The number of halogens is 1. The maximum Gasteiger partial charge on any atom is 0.337 e. The van der Waals surface area contributed by atoms with E-state index in [4.69, 9.17) is 9.73 Å². The van der Waals surface area contributed by atoms with E-state index in [2.05, 4.69) is 40.8 Å². The van der Waals surface area contributed by atoms with Crippen LogP contribution < -0.4 is 14.9 Å². The highest BCUT2D eigenvalue weighted by atomic mass is 127. The summed E-state index contributed by atoms with van der Waals surface area (Å²) in [6.07, 6.45) is 3.67. The van der Waals surface area contributed by atoms with Gasteiger partial charge < -0.3 is 4.74 Å². The second-order valence-electron chi connectivity index (χ2n) is 8.75. The summed E-state index contributed by atoms with van der Waals surface area (Å²) in [6.45, 7) is 0. The summed E-state index contributed by atoms with van der Waals surface area (Å²) in [5.74, 6) is -0.380. The summed E-state index contributed by atoms with van der Waals surface area (Å²) >= 11 is 3.71. The molecule has 1 unspecified atom stereocenters. The molecule has 0 amide bonds. The Balaban J connectivity index is 1.60. The fourth-order valence-corrected chi connectivity index (χ4v) is 6.51. The molecule has 178 valence electrons. The highest BCUT2D eigenvalue weighted by Crippen LogP contribution is 2.41. The number of thiazole rings is 1. The van der Waals surface area contributed by atoms with Gasteiger partial charge in [0.15, 0.2) is 4.80 Å². The van der Waals surface area contributed by atoms with Crippen LogP contribution in [-0.4, -0.2) is 17.6 Å². The van der Waals surface area contributed by atoms with Crippen molar-refractivity contribution in [3.8, 4) is 0 Å². The van der Waals surface area contributed by atoms with Crippen LogP contribution in [0.2, 0.25) is 0 Å². The molecule has 0 bridgehead atoms. The number of ether oxygens (including phenoxy) is 1. The first-order valence-electron chi connectivity index (χ1n) is 11.6. The van der Waals surface area contributed by atoms with Gasteiger partial charge in [-0.15, -0.1) is 0 Å². The molecule has 3 aromatic carbocycles. The van der Waals surface area contributed by atoms with E-state index in [-0.39, 0.29) is 17.6 Å². The van der Waals surface area contributed by atoms with Crippen LogP contribution in [0.4, 0.5) is 0 Å². The summed E-state index contributed by atoms with van der Waals surface area (Å²) in [4.78, 5) is 31.6. The molecule has 2 aliphatic rings. The van der Waals surface area contributed by atoms with Crippen LogP contribution in [0, 0.1) is 3.57 Å². The highest BCUT2D eigenvalue weighted by Gasteiger charge is 2.32. The van der Waals surface area contributed by atoms with Gasteiger partial charge in [-0.2, -0.15) is 0 Å². The number of aryl methyl sites for hydroxylation is 1. The number of rotatable bonds is 3. The molecule has 1 aromatic heterocycles. The van der Waals surface area contributed by atoms with Crippen LogP contribution in [0.15, 0.2) is 88.2 Å². The zero-order valence-corrected chi connectivity index (χ0v) is 22.4. The lowest BCUT2D eigenvalue weighted by atomic mass is 9.83. The van der Waals surface area contributed by atoms with Gasteiger partial charge in [0.05, 0.1) is 28.9 Å². The van der Waals surface area contributed by atoms with Crippen molar-refractivity contribution >= 4 is 51.7 Å². The van der Waals surface area contributed by atoms with E-state index < -0.39 is 0 Å². The molecule has 1 aliphatic heterocycles. The molecular formula is C29H21IN2O3S. The minimum Gasteiger partial charge on any atom is -0.465 e. The van der Waals surface area contributed by atoms with E-state index in [1.54, 1.807) is 12.1 Å². The Kier molecular flexibility index (Phi) is 5.97. The molecule has 5 nitrogen and oxygen atoms in total. The van der Waals surface area contributed by atoms with Crippen molar-refractivity contribution in [1.82, 2.24) is 4.57 Å². The molecule has 1 atom stereocenters. The van der Waals surface area contributed by atoms with Gasteiger partial charge in [0.1, 0.15) is 0 Å². The minimum atomic E-state index is -0.380. The van der Waals surface area contributed by atoms with E-state index in [0.717, 1.165) is 44.4 Å². The number of allylic oxidation sites excluding steroid dienone is 1. The van der Waals surface area contributed by atoms with Gasteiger partial charge in [-0.25, -0.2) is 9.79 Å². The minimum absolute atomic E-state index is 0.0501. The van der Waals surface area contributed by atoms with Crippen LogP contribution >= 0.6 is 33.9 Å². The molecule has 0 saturated carbocycles. The number of benzene rings is 3. The molecule has 0 saturated heterocycles. The van der Waals surface area contributed by atoms with Crippen molar-refractivity contribution < 1.29 is 9.53 Å². The molecular weight excluding hydrogens is 583 g/mol. The third-order valence-electron chi connectivity index (χ3n) is 6.71. The van der Waals surface area contributed by atoms with E-state index in [1.807, 2.05) is 53.1 Å². The average Bonchev–Trinajstić information content (AvgIpc) is 3.22. The van der Waals surface area contributed by atoms with Gasteiger partial charge in [-0.05, 0) is 82.0 Å². The Hall–Kier alpha value is -3.30. The molecule has 2 heterocycles. The molecule has 6 rings (SSSR count). The zero-order chi connectivity index (χ0) is 24.8. The Bertz CT molecular complexity index is 1730. The quantitative estimate of drug-likeness (QED) is 0.252. The number of methoxy groups -OCH3 is 1. The highest BCUT2D eigenvalue weighted by molar-refractivity contribution is 14.1. The third kappa shape index (κ3) is 3.87. The fraction of sp³-hybridized carbons (Fsp3) is 0.138. The van der Waals surface area contributed by atoms with E-state index in [0.29, 0.717) is 14.9 Å². The summed E-state index contributed by atoms with van der Waals surface area (Å²) in [5.41, 5.74) is 6.89. The van der Waals surface area contributed by atoms with Gasteiger partial charge in [0.25, 0.3) is 5.56 Å². The first kappa shape index (κ1) is 23.1. The number of hydrogen-bond acceptors (Lipinski definition) is 5. The number of fused-ring (bicyclic) bond motifs is 3. The van der Waals surface area contributed by atoms with Crippen molar-refractivity contribution in [1.29, 1.82) is 0 Å². The summed E-state index contributed by atoms with van der Waals surface area (Å²) in [5, 5.41) is 0. The number of hydrogen-bond donors (Lipinski definition) is 0. The van der Waals surface area contributed by atoms with Crippen molar-refractivity contribution in [3.63, 3.8) is 0 Å². The lowest BCUT2D eigenvalue weighted by molar-refractivity contribution is 0.0600. The molecule has 0 radical (unpaired) electrons. The van der Waals surface area contributed by atoms with Crippen LogP contribution in [0.3, 0.4) is 0 Å². The molecule has 0 spiro atoms. The van der Waals surface area contributed by atoms with Crippen LogP contribution in [0.1, 0.15) is 45.1 Å². The molecule has 7 heteroatoms. The zero-order valence-electron chi connectivity index (χ0n) is 19.4. The molecule has 36 heavy (non-hydrogen) atoms. The summed E-state index contributed by atoms with van der Waals surface area (Å²) in [7, 11) is 1.37. The van der Waals surface area contributed by atoms with Gasteiger partial charge in [0, 0.05) is 9.13 Å². The Morgan fingerprint density at radius 1 is 1.06 bits per heavy atom. The smallest absolute Gasteiger partial charge is 0.337 e. The van der Waals surface area contributed by atoms with Crippen molar-refractivity contribution in [2.24, 2.45) is 4.99 Å². The predicted octanol–water partition coefficient (Wildman–Crippen LogP) is 4.71. The third-order valence-corrected chi connectivity index (χ3v) is 8.68. The monoisotopic (exact) mass is 604 g/mol. The van der Waals surface area contributed by atoms with Crippen LogP contribution in [-0.2, 0) is 11.2 Å². The Labute approximate surface area is 225 Å². The summed E-state index contributed by atoms with van der Waals surface area (Å²) < 4.78 is 8.44. The standard InChI is InChI=1S/C29H21IN2O3S/c1-35-28(34)19-12-10-18(11-13-19)26-22-15-14-17-6-2-4-8-21(17)25(22)31-29-32(26)27(33)24(36-29)16-20-7-3-5-9-23(20)30/h2-13,16,26H,14-15H2,1H3. The van der Waals surface area contributed by atoms with E-state index in [9.17, 15) is 9.59 Å². The van der Waals surface area contributed by atoms with Gasteiger partial charge in [-0.3, -0.25) is 9.36 Å². The van der Waals surface area contributed by atoms with Crippen molar-refractivity contribution in [2.45, 2.75) is 18.9 Å². The topological polar surface area (TPSA) is 60.7 Å². The number of aromatic nitrogens is 1. The van der Waals surface area contributed by atoms with Crippen LogP contribution in [0.5, 0.6) is 0 Å². The maximum absolute atomic E-state index is 13.8. The maximum atomic E-state index is 13.8. The normalized spacial score (nSPS) is 16.6. The lowest BCUT2D eigenvalue weighted by Crippen LogP contribution is -2.38. The number of nitrogens with zero attached hydrogens (tertiary/aromatic N) is 2. The Morgan fingerprint density at radius 3 is 2.58 bits per heavy atom. The van der Waals surface area contributed by atoms with Crippen molar-refractivity contribution in [3.05, 3.63) is 129 Å². The van der Waals surface area contributed by atoms with E-state index >= 15 is 0 Å². The second-order valence-corrected chi connectivity index (χ2v) is 10.9. The SMILES string of the molecule is COC(=O)c1ccc(C2C3=C(N=c4sc(=Cc5ccccc5I)c(=O)n42)c2ccccc2CC3)cc1. The molecule has 4 aromatic rings. The molecule has 0 N–H and O–H groups in total. The molecule has 0 fully saturated rings. The fourth-order valence-electron chi connectivity index (χ4n) is 4.98. The Morgan fingerprint density at radius 2 is 1.81 bits per heavy atom. The first-order chi connectivity index (χ1) is 17.5. The largest absolute Gasteiger partial charge is 0.465 e. The van der Waals surface area contributed by atoms with Gasteiger partial charge in [-0.1, -0.05) is 65.9 Å². The number of carbonyl (C=O) groups excluding carboxylic acids is 1. The number of carbonyl (C=O) groups is 1. The lowest BCUT2D eigenvalue weighted by Gasteiger charge is -2.30. The predicted molar refractivity (Wildman–Crippen MR) is 150 cm³/mol.